The fourth-order valence-corrected chi connectivity index (χ4v) is 1.28. The molecule has 0 aliphatic carbocycles. The van der Waals surface area contributed by atoms with Crippen LogP contribution in [0.3, 0.4) is 0 Å². The molecule has 1 aromatic heterocycles. The van der Waals surface area contributed by atoms with Crippen LogP contribution in [-0.4, -0.2) is 20.8 Å². The molecule has 0 atom stereocenters. The molecule has 0 saturated carbocycles. The molecule has 0 amide bonds. The first-order valence-corrected chi connectivity index (χ1v) is 4.94. The van der Waals surface area contributed by atoms with Crippen molar-refractivity contribution in [2.75, 3.05) is 0 Å². The Morgan fingerprint density at radius 3 is 2.80 bits per heavy atom. The number of rotatable bonds is 4. The second-order valence-corrected chi connectivity index (χ2v) is 4.31. The summed E-state index contributed by atoms with van der Waals surface area (Å²) < 4.78 is 1.91. The summed E-state index contributed by atoms with van der Waals surface area (Å²) in [7, 11) is 0. The van der Waals surface area contributed by atoms with Gasteiger partial charge in [-0.15, -0.1) is 0 Å². The Kier molecular flexibility index (Phi) is 3.34. The molecule has 0 aliphatic rings. The van der Waals surface area contributed by atoms with E-state index in [9.17, 15) is 0 Å². The molecule has 15 heavy (non-hydrogen) atoms. The molecule has 1 rings (SSSR count). The Hall–Kier alpha value is -1.52. The first kappa shape index (κ1) is 11.6. The summed E-state index contributed by atoms with van der Waals surface area (Å²) in [6.07, 6.45) is 2.55. The largest absolute Gasteiger partial charge is 0.409 e. The van der Waals surface area contributed by atoms with E-state index in [0.29, 0.717) is 0 Å². The molecule has 0 fully saturated rings. The second-order valence-electron chi connectivity index (χ2n) is 4.31. The summed E-state index contributed by atoms with van der Waals surface area (Å²) in [6.45, 7) is 6.66. The van der Waals surface area contributed by atoms with Crippen LogP contribution < -0.4 is 5.73 Å². The third-order valence-corrected chi connectivity index (χ3v) is 2.68. The lowest BCUT2D eigenvalue weighted by Crippen LogP contribution is -2.33. The quantitative estimate of drug-likeness (QED) is 0.341. The zero-order valence-corrected chi connectivity index (χ0v) is 9.44. The number of hydrogen-bond donors (Lipinski definition) is 2. The van der Waals surface area contributed by atoms with Crippen molar-refractivity contribution < 1.29 is 5.21 Å². The van der Waals surface area contributed by atoms with Gasteiger partial charge in [-0.3, -0.25) is 4.68 Å². The number of nitrogens with zero attached hydrogens (tertiary/aromatic N) is 3. The zero-order chi connectivity index (χ0) is 11.5. The number of aryl methyl sites for hydroxylation is 2. The standard InChI is InChI=1S/C10H18N4O/c1-8-4-6-12-14(8)7-5-10(2,3)9(11)13-15/h4,6,15H,5,7H2,1-3H3,(H2,11,13). The van der Waals surface area contributed by atoms with E-state index < -0.39 is 0 Å². The predicted octanol–water partition coefficient (Wildman–Crippen LogP) is 1.35. The van der Waals surface area contributed by atoms with Crippen LogP contribution in [0.15, 0.2) is 17.4 Å². The van der Waals surface area contributed by atoms with Crippen molar-refractivity contribution in [2.45, 2.75) is 33.7 Å². The second kappa shape index (κ2) is 4.33. The van der Waals surface area contributed by atoms with E-state index in [1.165, 1.54) is 0 Å². The highest BCUT2D eigenvalue weighted by Gasteiger charge is 2.23. The first-order valence-electron chi connectivity index (χ1n) is 4.94. The molecule has 84 valence electrons. The van der Waals surface area contributed by atoms with Crippen LogP contribution in [-0.2, 0) is 6.54 Å². The lowest BCUT2D eigenvalue weighted by Gasteiger charge is -2.22. The Morgan fingerprint density at radius 1 is 1.67 bits per heavy atom. The number of oxime groups is 1. The molecular weight excluding hydrogens is 192 g/mol. The van der Waals surface area contributed by atoms with Gasteiger partial charge in [0.15, 0.2) is 0 Å². The Morgan fingerprint density at radius 2 is 2.33 bits per heavy atom. The van der Waals surface area contributed by atoms with E-state index >= 15 is 0 Å². The van der Waals surface area contributed by atoms with Gasteiger partial charge in [-0.2, -0.15) is 5.10 Å². The molecule has 0 aliphatic heterocycles. The minimum atomic E-state index is -0.312. The van der Waals surface area contributed by atoms with Gasteiger partial charge < -0.3 is 10.9 Å². The van der Waals surface area contributed by atoms with Gasteiger partial charge in [-0.1, -0.05) is 19.0 Å². The van der Waals surface area contributed by atoms with Gasteiger partial charge in [-0.05, 0) is 19.4 Å². The van der Waals surface area contributed by atoms with Crippen LogP contribution in [0.1, 0.15) is 26.0 Å². The number of aromatic nitrogens is 2. The lowest BCUT2D eigenvalue weighted by molar-refractivity contribution is 0.302. The molecule has 1 heterocycles. The van der Waals surface area contributed by atoms with E-state index in [-0.39, 0.29) is 11.3 Å². The van der Waals surface area contributed by atoms with Crippen molar-refractivity contribution in [2.24, 2.45) is 16.3 Å². The van der Waals surface area contributed by atoms with Gasteiger partial charge in [0, 0.05) is 23.9 Å². The normalized spacial score (nSPS) is 13.1. The monoisotopic (exact) mass is 210 g/mol. The van der Waals surface area contributed by atoms with Crippen molar-refractivity contribution in [3.63, 3.8) is 0 Å². The van der Waals surface area contributed by atoms with Crippen LogP contribution in [0.25, 0.3) is 0 Å². The summed E-state index contributed by atoms with van der Waals surface area (Å²) in [5.74, 6) is 0.257. The summed E-state index contributed by atoms with van der Waals surface area (Å²) in [4.78, 5) is 0. The highest BCUT2D eigenvalue weighted by atomic mass is 16.4. The third-order valence-electron chi connectivity index (χ3n) is 2.68. The topological polar surface area (TPSA) is 76.4 Å². The van der Waals surface area contributed by atoms with Crippen molar-refractivity contribution in [1.82, 2.24) is 9.78 Å². The highest BCUT2D eigenvalue weighted by Crippen LogP contribution is 2.21. The summed E-state index contributed by atoms with van der Waals surface area (Å²) in [5.41, 5.74) is 6.40. The molecule has 0 radical (unpaired) electrons. The van der Waals surface area contributed by atoms with Gasteiger partial charge in [0.1, 0.15) is 5.84 Å². The van der Waals surface area contributed by atoms with Crippen LogP contribution in [0, 0.1) is 12.3 Å². The van der Waals surface area contributed by atoms with E-state index in [1.807, 2.05) is 31.5 Å². The fraction of sp³-hybridized carbons (Fsp3) is 0.600. The molecule has 0 aromatic carbocycles. The van der Waals surface area contributed by atoms with Gasteiger partial charge in [0.2, 0.25) is 0 Å². The van der Waals surface area contributed by atoms with Crippen molar-refractivity contribution in [3.05, 3.63) is 18.0 Å². The van der Waals surface area contributed by atoms with E-state index in [0.717, 1.165) is 18.7 Å². The van der Waals surface area contributed by atoms with E-state index in [1.54, 1.807) is 6.20 Å². The molecule has 0 unspecified atom stereocenters. The molecule has 0 bridgehead atoms. The summed E-state index contributed by atoms with van der Waals surface area (Å²) in [5, 5.41) is 15.8. The van der Waals surface area contributed by atoms with Crippen molar-refractivity contribution in [1.29, 1.82) is 0 Å². The molecule has 1 aromatic rings. The first-order chi connectivity index (χ1) is 6.97. The van der Waals surface area contributed by atoms with Gasteiger partial charge in [-0.25, -0.2) is 0 Å². The molecule has 5 heteroatoms. The smallest absolute Gasteiger partial charge is 0.144 e. The maximum Gasteiger partial charge on any atom is 0.144 e. The van der Waals surface area contributed by atoms with Crippen molar-refractivity contribution >= 4 is 5.84 Å². The highest BCUT2D eigenvalue weighted by molar-refractivity contribution is 5.85. The van der Waals surface area contributed by atoms with Crippen molar-refractivity contribution in [3.8, 4) is 0 Å². The minimum Gasteiger partial charge on any atom is -0.409 e. The SMILES string of the molecule is Cc1ccnn1CCC(C)(C)C(N)=NO. The summed E-state index contributed by atoms with van der Waals surface area (Å²) in [6, 6.07) is 1.95. The average molecular weight is 210 g/mol. The molecule has 5 nitrogen and oxygen atoms in total. The minimum absolute atomic E-state index is 0.257. The fourth-order valence-electron chi connectivity index (χ4n) is 1.28. The predicted molar refractivity (Wildman–Crippen MR) is 58.8 cm³/mol. The molecular formula is C10H18N4O. The molecule has 0 spiro atoms. The maximum absolute atomic E-state index is 8.62. The van der Waals surface area contributed by atoms with Gasteiger partial charge in [0.05, 0.1) is 0 Å². The van der Waals surface area contributed by atoms with Crippen LogP contribution >= 0.6 is 0 Å². The average Bonchev–Trinajstić information content (AvgIpc) is 2.60. The lowest BCUT2D eigenvalue weighted by atomic mass is 9.88. The third kappa shape index (κ3) is 2.71. The number of hydrogen-bond acceptors (Lipinski definition) is 3. The Labute approximate surface area is 89.6 Å². The van der Waals surface area contributed by atoms with Gasteiger partial charge >= 0.3 is 0 Å². The number of nitrogens with two attached hydrogens (primary N) is 1. The van der Waals surface area contributed by atoms with Crippen LogP contribution in [0.4, 0.5) is 0 Å². The zero-order valence-electron chi connectivity index (χ0n) is 9.44. The molecule has 0 saturated heterocycles. The number of amidine groups is 1. The summed E-state index contributed by atoms with van der Waals surface area (Å²) >= 11 is 0. The Bertz CT molecular complexity index is 354. The molecule has 3 N–H and O–H groups in total. The van der Waals surface area contributed by atoms with E-state index in [2.05, 4.69) is 10.3 Å². The van der Waals surface area contributed by atoms with E-state index in [4.69, 9.17) is 10.9 Å². The van der Waals surface area contributed by atoms with Gasteiger partial charge in [0.25, 0.3) is 0 Å². The Balaban J connectivity index is 2.61. The van der Waals surface area contributed by atoms with Crippen LogP contribution in [0.2, 0.25) is 0 Å². The van der Waals surface area contributed by atoms with Crippen LogP contribution in [0.5, 0.6) is 0 Å². The maximum atomic E-state index is 8.62.